The lowest BCUT2D eigenvalue weighted by Gasteiger charge is -2.34. The van der Waals surface area contributed by atoms with Gasteiger partial charge in [0.15, 0.2) is 0 Å². The normalized spacial score (nSPS) is 31.1. The number of benzene rings is 1. The van der Waals surface area contributed by atoms with Gasteiger partial charge in [0, 0.05) is 12.1 Å². The zero-order valence-electron chi connectivity index (χ0n) is 11.3. The molecule has 0 spiro atoms. The summed E-state index contributed by atoms with van der Waals surface area (Å²) >= 11 is 0. The molecule has 0 amide bonds. The van der Waals surface area contributed by atoms with Gasteiger partial charge in [0.1, 0.15) is 0 Å². The molecule has 0 radical (unpaired) electrons. The average molecular weight is 231 g/mol. The minimum Gasteiger partial charge on any atom is -0.307 e. The van der Waals surface area contributed by atoms with E-state index in [0.29, 0.717) is 12.1 Å². The fourth-order valence-corrected chi connectivity index (χ4v) is 2.89. The minimum atomic E-state index is 0.474. The third kappa shape index (κ3) is 3.32. The van der Waals surface area contributed by atoms with Crippen LogP contribution < -0.4 is 5.32 Å². The zero-order chi connectivity index (χ0) is 12.3. The summed E-state index contributed by atoms with van der Waals surface area (Å²) in [5.41, 5.74) is 1.40. The zero-order valence-corrected chi connectivity index (χ0v) is 11.3. The average Bonchev–Trinajstić information content (AvgIpc) is 2.35. The number of hydrogen-bond donors (Lipinski definition) is 1. The predicted octanol–water partition coefficient (Wildman–Crippen LogP) is 4.16. The Labute approximate surface area is 106 Å². The van der Waals surface area contributed by atoms with Crippen LogP contribution in [0.15, 0.2) is 30.3 Å². The standard InChI is InChI=1S/C16H25N/c1-12-9-10-16(11-13(12)2)17-14(3)15-7-5-4-6-8-15/h4-8,12-14,16-17H,9-11H2,1-3H3/t12?,13?,14-,16?/m0/s1. The first-order valence-corrected chi connectivity index (χ1v) is 6.98. The Hall–Kier alpha value is -0.820. The fourth-order valence-electron chi connectivity index (χ4n) is 2.89. The molecule has 2 rings (SSSR count). The Morgan fingerprint density at radius 3 is 2.41 bits per heavy atom. The van der Waals surface area contributed by atoms with Gasteiger partial charge in [-0.2, -0.15) is 0 Å². The molecule has 1 saturated carbocycles. The van der Waals surface area contributed by atoms with E-state index in [-0.39, 0.29) is 0 Å². The van der Waals surface area contributed by atoms with Crippen molar-refractivity contribution in [2.45, 2.75) is 52.1 Å². The molecule has 1 heteroatoms. The van der Waals surface area contributed by atoms with Gasteiger partial charge in [-0.3, -0.25) is 0 Å². The maximum Gasteiger partial charge on any atom is 0.0294 e. The van der Waals surface area contributed by atoms with E-state index in [1.54, 1.807) is 0 Å². The van der Waals surface area contributed by atoms with Gasteiger partial charge in [-0.15, -0.1) is 0 Å². The summed E-state index contributed by atoms with van der Waals surface area (Å²) in [5.74, 6) is 1.77. The van der Waals surface area contributed by atoms with Crippen molar-refractivity contribution in [2.75, 3.05) is 0 Å². The van der Waals surface area contributed by atoms with Gasteiger partial charge in [0.25, 0.3) is 0 Å². The smallest absolute Gasteiger partial charge is 0.0294 e. The third-order valence-electron chi connectivity index (χ3n) is 4.38. The van der Waals surface area contributed by atoms with Crippen LogP contribution in [0.3, 0.4) is 0 Å². The van der Waals surface area contributed by atoms with Crippen LogP contribution in [0.2, 0.25) is 0 Å². The van der Waals surface area contributed by atoms with Gasteiger partial charge >= 0.3 is 0 Å². The first-order valence-electron chi connectivity index (χ1n) is 6.98. The van der Waals surface area contributed by atoms with Gasteiger partial charge in [-0.05, 0) is 43.6 Å². The Morgan fingerprint density at radius 1 is 1.06 bits per heavy atom. The number of nitrogens with one attached hydrogen (secondary N) is 1. The summed E-state index contributed by atoms with van der Waals surface area (Å²) in [6.07, 6.45) is 4.04. The molecule has 94 valence electrons. The molecular formula is C16H25N. The molecule has 0 aromatic heterocycles. The molecule has 0 saturated heterocycles. The van der Waals surface area contributed by atoms with Crippen molar-refractivity contribution in [3.63, 3.8) is 0 Å². The Morgan fingerprint density at radius 2 is 1.76 bits per heavy atom. The topological polar surface area (TPSA) is 12.0 Å². The second-order valence-electron chi connectivity index (χ2n) is 5.76. The first-order chi connectivity index (χ1) is 8.16. The predicted molar refractivity (Wildman–Crippen MR) is 74.0 cm³/mol. The quantitative estimate of drug-likeness (QED) is 0.823. The highest BCUT2D eigenvalue weighted by molar-refractivity contribution is 5.18. The molecule has 1 nitrogen and oxygen atoms in total. The fraction of sp³-hybridized carbons (Fsp3) is 0.625. The summed E-state index contributed by atoms with van der Waals surface area (Å²) in [6, 6.07) is 11.9. The van der Waals surface area contributed by atoms with Crippen molar-refractivity contribution in [2.24, 2.45) is 11.8 Å². The lowest BCUT2D eigenvalue weighted by molar-refractivity contribution is 0.217. The molecule has 4 atom stereocenters. The maximum atomic E-state index is 3.79. The van der Waals surface area contributed by atoms with E-state index < -0.39 is 0 Å². The van der Waals surface area contributed by atoms with E-state index in [1.165, 1.54) is 24.8 Å². The Bertz CT molecular complexity index is 333. The largest absolute Gasteiger partial charge is 0.307 e. The summed E-state index contributed by atoms with van der Waals surface area (Å²) < 4.78 is 0. The monoisotopic (exact) mass is 231 g/mol. The van der Waals surface area contributed by atoms with Gasteiger partial charge in [-0.25, -0.2) is 0 Å². The third-order valence-corrected chi connectivity index (χ3v) is 4.38. The van der Waals surface area contributed by atoms with E-state index in [4.69, 9.17) is 0 Å². The second kappa shape index (κ2) is 5.68. The molecular weight excluding hydrogens is 206 g/mol. The van der Waals surface area contributed by atoms with Crippen LogP contribution in [-0.2, 0) is 0 Å². The van der Waals surface area contributed by atoms with Crippen LogP contribution in [0.4, 0.5) is 0 Å². The molecule has 3 unspecified atom stereocenters. The van der Waals surface area contributed by atoms with Gasteiger partial charge in [-0.1, -0.05) is 44.2 Å². The molecule has 17 heavy (non-hydrogen) atoms. The van der Waals surface area contributed by atoms with Crippen LogP contribution in [0.5, 0.6) is 0 Å². The first kappa shape index (κ1) is 12.6. The van der Waals surface area contributed by atoms with Crippen molar-refractivity contribution in [1.29, 1.82) is 0 Å². The van der Waals surface area contributed by atoms with Crippen LogP contribution in [0, 0.1) is 11.8 Å². The van der Waals surface area contributed by atoms with E-state index in [2.05, 4.69) is 56.4 Å². The Balaban J connectivity index is 1.89. The second-order valence-corrected chi connectivity index (χ2v) is 5.76. The SMILES string of the molecule is CC1CCC(N[C@@H](C)c2ccccc2)CC1C. The van der Waals surface area contributed by atoms with E-state index in [9.17, 15) is 0 Å². The Kier molecular flexibility index (Phi) is 4.22. The molecule has 0 bridgehead atoms. The summed E-state index contributed by atoms with van der Waals surface area (Å²) in [5, 5.41) is 3.79. The van der Waals surface area contributed by atoms with Crippen molar-refractivity contribution in [3.05, 3.63) is 35.9 Å². The van der Waals surface area contributed by atoms with Crippen LogP contribution in [0.1, 0.15) is 51.6 Å². The molecule has 0 aliphatic heterocycles. The highest BCUT2D eigenvalue weighted by Crippen LogP contribution is 2.30. The summed E-state index contributed by atoms with van der Waals surface area (Å²) in [4.78, 5) is 0. The van der Waals surface area contributed by atoms with Gasteiger partial charge in [0.05, 0.1) is 0 Å². The van der Waals surface area contributed by atoms with Crippen molar-refractivity contribution in [3.8, 4) is 0 Å². The molecule has 0 heterocycles. The van der Waals surface area contributed by atoms with E-state index in [1.807, 2.05) is 0 Å². The molecule has 1 N–H and O–H groups in total. The lowest BCUT2D eigenvalue weighted by atomic mass is 9.79. The molecule has 1 aliphatic carbocycles. The minimum absolute atomic E-state index is 0.474. The van der Waals surface area contributed by atoms with Crippen molar-refractivity contribution >= 4 is 0 Å². The summed E-state index contributed by atoms with van der Waals surface area (Å²) in [6.45, 7) is 7.06. The number of hydrogen-bond acceptors (Lipinski definition) is 1. The van der Waals surface area contributed by atoms with Crippen LogP contribution >= 0.6 is 0 Å². The maximum absolute atomic E-state index is 3.79. The van der Waals surface area contributed by atoms with E-state index in [0.717, 1.165) is 11.8 Å². The molecule has 1 fully saturated rings. The van der Waals surface area contributed by atoms with Crippen LogP contribution in [0.25, 0.3) is 0 Å². The molecule has 1 aliphatic rings. The molecule has 1 aromatic rings. The summed E-state index contributed by atoms with van der Waals surface area (Å²) in [7, 11) is 0. The van der Waals surface area contributed by atoms with Crippen molar-refractivity contribution < 1.29 is 0 Å². The number of rotatable bonds is 3. The lowest BCUT2D eigenvalue weighted by Crippen LogP contribution is -2.37. The van der Waals surface area contributed by atoms with Crippen molar-refractivity contribution in [1.82, 2.24) is 5.32 Å². The highest BCUT2D eigenvalue weighted by atomic mass is 14.9. The van der Waals surface area contributed by atoms with Gasteiger partial charge < -0.3 is 5.32 Å². The van der Waals surface area contributed by atoms with E-state index >= 15 is 0 Å². The van der Waals surface area contributed by atoms with Crippen LogP contribution in [-0.4, -0.2) is 6.04 Å². The highest BCUT2D eigenvalue weighted by Gasteiger charge is 2.25. The van der Waals surface area contributed by atoms with Gasteiger partial charge in [0.2, 0.25) is 0 Å². The molecule has 1 aromatic carbocycles.